The number of hydrogen-bond donors (Lipinski definition) is 2. The summed E-state index contributed by atoms with van der Waals surface area (Å²) >= 11 is 0. The molecule has 1 saturated heterocycles. The molecule has 1 saturated carbocycles. The third-order valence-corrected chi connectivity index (χ3v) is 11.8. The van der Waals surface area contributed by atoms with Crippen LogP contribution < -0.4 is 10.2 Å². The molecular formula is C46H36N2O5. The van der Waals surface area contributed by atoms with Gasteiger partial charge in [-0.15, -0.1) is 0 Å². The number of nitrogens with one attached hydrogen (secondary N) is 1. The number of carbonyl (C=O) groups excluding carboxylic acids is 4. The lowest BCUT2D eigenvalue weighted by Crippen LogP contribution is -2.58. The number of benzene rings is 5. The van der Waals surface area contributed by atoms with E-state index in [1.54, 1.807) is 24.3 Å². The van der Waals surface area contributed by atoms with Crippen LogP contribution >= 0.6 is 0 Å². The Morgan fingerprint density at radius 1 is 0.660 bits per heavy atom. The Balaban J connectivity index is 1.17. The summed E-state index contributed by atoms with van der Waals surface area (Å²) in [6.45, 7) is 0. The van der Waals surface area contributed by atoms with Crippen LogP contribution in [0.4, 0.5) is 17.1 Å². The molecule has 9 rings (SSSR count). The minimum absolute atomic E-state index is 0.00738. The van der Waals surface area contributed by atoms with E-state index in [0.29, 0.717) is 34.4 Å². The van der Waals surface area contributed by atoms with Gasteiger partial charge >= 0.3 is 0 Å². The summed E-state index contributed by atoms with van der Waals surface area (Å²) in [6, 6.07) is 42.5. The van der Waals surface area contributed by atoms with Gasteiger partial charge in [-0.05, 0) is 78.4 Å². The highest BCUT2D eigenvalue weighted by Gasteiger charge is 2.66. The molecule has 0 aromatic heterocycles. The van der Waals surface area contributed by atoms with Crippen molar-refractivity contribution in [1.29, 1.82) is 0 Å². The molecule has 7 heteroatoms. The van der Waals surface area contributed by atoms with Crippen molar-refractivity contribution in [3.63, 3.8) is 0 Å². The van der Waals surface area contributed by atoms with Crippen LogP contribution in [0.25, 0.3) is 5.57 Å². The molecule has 0 radical (unpaired) electrons. The van der Waals surface area contributed by atoms with Gasteiger partial charge in [0, 0.05) is 34.3 Å². The second-order valence-electron chi connectivity index (χ2n) is 14.4. The summed E-state index contributed by atoms with van der Waals surface area (Å²) in [4.78, 5) is 60.3. The molecule has 260 valence electrons. The van der Waals surface area contributed by atoms with Crippen molar-refractivity contribution in [3.8, 4) is 5.75 Å². The van der Waals surface area contributed by atoms with Crippen molar-refractivity contribution in [3.05, 3.63) is 174 Å². The molecule has 1 heterocycles. The normalized spacial score (nSPS) is 26.3. The molecule has 2 amide bonds. The van der Waals surface area contributed by atoms with Gasteiger partial charge < -0.3 is 10.4 Å². The van der Waals surface area contributed by atoms with Crippen LogP contribution in [-0.4, -0.2) is 28.5 Å². The molecule has 7 nitrogen and oxygen atoms in total. The van der Waals surface area contributed by atoms with Crippen LogP contribution in [0.2, 0.25) is 0 Å². The number of aromatic hydroxyl groups is 1. The average Bonchev–Trinajstić information content (AvgIpc) is 3.46. The average molecular weight is 697 g/mol. The number of ketones is 2. The van der Waals surface area contributed by atoms with Gasteiger partial charge in [-0.25, -0.2) is 0 Å². The molecule has 0 spiro atoms. The van der Waals surface area contributed by atoms with Gasteiger partial charge in [0.15, 0.2) is 11.6 Å². The maximum atomic E-state index is 15.1. The van der Waals surface area contributed by atoms with Crippen LogP contribution in [0.5, 0.6) is 5.75 Å². The van der Waals surface area contributed by atoms with Gasteiger partial charge in [-0.1, -0.05) is 109 Å². The summed E-state index contributed by atoms with van der Waals surface area (Å²) < 4.78 is 0. The number of imide groups is 1. The quantitative estimate of drug-likeness (QED) is 0.137. The molecule has 0 bridgehead atoms. The summed E-state index contributed by atoms with van der Waals surface area (Å²) in [5.41, 5.74) is 3.83. The number of allylic oxidation sites excluding steroid dienone is 4. The lowest BCUT2D eigenvalue weighted by atomic mass is 9.44. The van der Waals surface area contributed by atoms with Crippen molar-refractivity contribution in [2.45, 2.75) is 24.2 Å². The van der Waals surface area contributed by atoms with E-state index in [4.69, 9.17) is 0 Å². The fourth-order valence-corrected chi connectivity index (χ4v) is 9.59. The topological polar surface area (TPSA) is 104 Å². The third-order valence-electron chi connectivity index (χ3n) is 11.8. The Morgan fingerprint density at radius 3 is 1.98 bits per heavy atom. The van der Waals surface area contributed by atoms with Gasteiger partial charge in [0.1, 0.15) is 5.75 Å². The van der Waals surface area contributed by atoms with Crippen LogP contribution in [0.15, 0.2) is 157 Å². The van der Waals surface area contributed by atoms with Crippen molar-refractivity contribution in [1.82, 2.24) is 0 Å². The molecular weight excluding hydrogens is 661 g/mol. The van der Waals surface area contributed by atoms with E-state index in [1.807, 2.05) is 121 Å². The lowest BCUT2D eigenvalue weighted by molar-refractivity contribution is -0.135. The summed E-state index contributed by atoms with van der Waals surface area (Å²) in [7, 11) is 0. The first-order valence-electron chi connectivity index (χ1n) is 18.1. The Morgan fingerprint density at radius 2 is 1.28 bits per heavy atom. The van der Waals surface area contributed by atoms with Gasteiger partial charge in [0.2, 0.25) is 11.8 Å². The first kappa shape index (κ1) is 32.6. The van der Waals surface area contributed by atoms with Crippen LogP contribution in [0.3, 0.4) is 0 Å². The van der Waals surface area contributed by atoms with Gasteiger partial charge in [0.05, 0.1) is 22.9 Å². The molecule has 5 aromatic rings. The smallest absolute Gasteiger partial charge is 0.238 e. The summed E-state index contributed by atoms with van der Waals surface area (Å²) in [5.74, 6) is -4.49. The fourth-order valence-electron chi connectivity index (χ4n) is 9.59. The number of hydrogen-bond acceptors (Lipinski definition) is 6. The van der Waals surface area contributed by atoms with Gasteiger partial charge in [-0.2, -0.15) is 0 Å². The first-order chi connectivity index (χ1) is 25.9. The van der Waals surface area contributed by atoms with E-state index >= 15 is 9.59 Å². The Hall–Kier alpha value is -6.34. The molecule has 6 atom stereocenters. The Labute approximate surface area is 307 Å². The van der Waals surface area contributed by atoms with Gasteiger partial charge in [-0.3, -0.25) is 24.1 Å². The SMILES string of the molecule is O=C1C(c2ccccc2)=CC(=O)[C@@]2(c3ccccc3)[C@@H](c3ccccc3O)C3=CC[C@@H]4C(=O)N(c5ccc(Nc6ccccc6)cc5)C(=O)[C@@H]4[C@@H]3C[C@@H]12. The van der Waals surface area contributed by atoms with E-state index in [2.05, 4.69) is 5.32 Å². The fraction of sp³-hybridized carbons (Fsp3) is 0.174. The minimum Gasteiger partial charge on any atom is -0.508 e. The number of phenolic OH excluding ortho intramolecular Hbond substituents is 1. The third kappa shape index (κ3) is 5.02. The molecule has 5 aromatic carbocycles. The molecule has 2 fully saturated rings. The van der Waals surface area contributed by atoms with E-state index < -0.39 is 35.0 Å². The summed E-state index contributed by atoms with van der Waals surface area (Å²) in [5, 5.41) is 14.8. The number of amides is 2. The van der Waals surface area contributed by atoms with Crippen molar-refractivity contribution in [2.75, 3.05) is 10.2 Å². The minimum atomic E-state index is -1.39. The lowest BCUT2D eigenvalue weighted by Gasteiger charge is -2.55. The number of phenols is 1. The highest BCUT2D eigenvalue weighted by molar-refractivity contribution is 6.32. The second-order valence-corrected chi connectivity index (χ2v) is 14.4. The zero-order valence-corrected chi connectivity index (χ0v) is 28.8. The number of nitrogens with zero attached hydrogens (tertiary/aromatic N) is 1. The number of carbonyl (C=O) groups is 4. The maximum Gasteiger partial charge on any atom is 0.238 e. The monoisotopic (exact) mass is 696 g/mol. The predicted molar refractivity (Wildman–Crippen MR) is 203 cm³/mol. The molecule has 4 aliphatic rings. The zero-order chi connectivity index (χ0) is 36.3. The molecule has 3 aliphatic carbocycles. The largest absolute Gasteiger partial charge is 0.508 e. The van der Waals surface area contributed by atoms with Crippen molar-refractivity contribution >= 4 is 46.0 Å². The first-order valence-corrected chi connectivity index (χ1v) is 18.1. The van der Waals surface area contributed by atoms with Crippen LogP contribution in [0.1, 0.15) is 35.4 Å². The predicted octanol–water partition coefficient (Wildman–Crippen LogP) is 8.16. The molecule has 2 N–H and O–H groups in total. The number of para-hydroxylation sites is 2. The molecule has 1 aliphatic heterocycles. The molecule has 53 heavy (non-hydrogen) atoms. The number of anilines is 3. The second kappa shape index (κ2) is 12.7. The highest BCUT2D eigenvalue weighted by Crippen LogP contribution is 2.64. The zero-order valence-electron chi connectivity index (χ0n) is 28.8. The summed E-state index contributed by atoms with van der Waals surface area (Å²) in [6.07, 6.45) is 4.01. The Kier molecular flexibility index (Phi) is 7.81. The number of fused-ring (bicyclic) bond motifs is 4. The highest BCUT2D eigenvalue weighted by atomic mass is 16.3. The van der Waals surface area contributed by atoms with Gasteiger partial charge in [0.25, 0.3) is 0 Å². The number of rotatable bonds is 6. The van der Waals surface area contributed by atoms with E-state index in [0.717, 1.165) is 16.9 Å². The Bertz CT molecular complexity index is 2330. The van der Waals surface area contributed by atoms with E-state index in [-0.39, 0.29) is 35.6 Å². The van der Waals surface area contributed by atoms with Crippen LogP contribution in [0, 0.1) is 23.7 Å². The van der Waals surface area contributed by atoms with E-state index in [9.17, 15) is 14.7 Å². The van der Waals surface area contributed by atoms with Crippen molar-refractivity contribution in [2.24, 2.45) is 23.7 Å². The number of Topliss-reactive ketones (excluding diaryl/α,β-unsaturated/α-hetero) is 1. The van der Waals surface area contributed by atoms with Crippen molar-refractivity contribution < 1.29 is 24.3 Å². The maximum absolute atomic E-state index is 15.1. The van der Waals surface area contributed by atoms with E-state index in [1.165, 1.54) is 11.0 Å². The van der Waals surface area contributed by atoms with Crippen LogP contribution in [-0.2, 0) is 24.6 Å². The molecule has 0 unspecified atom stereocenters. The standard InChI is InChI=1S/C46H36N2O5/c49-39-19-11-10-18-34(39)42-33-24-25-35-41(45(53)48(44(35)52)32-22-20-31(21-23-32)47-30-16-8-3-9-17-30)37(33)26-38-43(51)36(28-12-4-1-5-13-28)27-40(50)46(38,42)29-14-6-2-7-15-29/h1-24,27,35,37-38,41-42,47,49H,25-26H2/t35-,37+,38-,41-,42+,46-/m0/s1.